The van der Waals surface area contributed by atoms with Crippen molar-refractivity contribution >= 4 is 33.5 Å². The van der Waals surface area contributed by atoms with Crippen LogP contribution in [0, 0.1) is 0 Å². The van der Waals surface area contributed by atoms with Gasteiger partial charge in [-0.25, -0.2) is 5.41 Å². The van der Waals surface area contributed by atoms with Crippen molar-refractivity contribution < 1.29 is 19.7 Å². The number of methoxy groups -OCH3 is 2. The van der Waals surface area contributed by atoms with Crippen LogP contribution < -0.4 is 5.41 Å². The molecular weight excluding hydrogens is 222 g/mol. The van der Waals surface area contributed by atoms with Gasteiger partial charge in [0.2, 0.25) is 0 Å². The number of esters is 1. The molecule has 0 aromatic heterocycles. The summed E-state index contributed by atoms with van der Waals surface area (Å²) in [7, 11) is 6.28. The minimum Gasteiger partial charge on any atom is -0.469 e. The number of carbonyl (C=O) groups is 1. The summed E-state index contributed by atoms with van der Waals surface area (Å²) in [4.78, 5) is 10.7. The van der Waals surface area contributed by atoms with E-state index in [0.29, 0.717) is 12.3 Å². The number of rotatable bonds is 7. The zero-order valence-electron chi connectivity index (χ0n) is 8.45. The van der Waals surface area contributed by atoms with Crippen LogP contribution in [0.4, 0.5) is 0 Å². The van der Waals surface area contributed by atoms with Crippen LogP contribution in [0.3, 0.4) is 0 Å². The second kappa shape index (κ2) is 9.21. The van der Waals surface area contributed by atoms with Gasteiger partial charge >= 0.3 is 11.9 Å². The van der Waals surface area contributed by atoms with Gasteiger partial charge in [-0.05, 0) is 0 Å². The van der Waals surface area contributed by atoms with E-state index < -0.39 is 0 Å². The van der Waals surface area contributed by atoms with Gasteiger partial charge in [0.25, 0.3) is 0 Å². The first-order valence-corrected chi connectivity index (χ1v) is 6.66. The van der Waals surface area contributed by atoms with Crippen molar-refractivity contribution in [3.05, 3.63) is 0 Å². The molecule has 6 heteroatoms. The molecule has 0 aromatic rings. The molecule has 0 aliphatic carbocycles. The van der Waals surface area contributed by atoms with Crippen LogP contribution in [0.1, 0.15) is 12.8 Å². The second-order valence-electron chi connectivity index (χ2n) is 2.39. The van der Waals surface area contributed by atoms with Crippen LogP contribution in [-0.4, -0.2) is 37.6 Å². The fraction of sp³-hybridized carbons (Fsp3) is 0.750. The smallest absolute Gasteiger partial charge is 0.333 e. The fourth-order valence-corrected chi connectivity index (χ4v) is 2.57. The van der Waals surface area contributed by atoms with Crippen molar-refractivity contribution in [1.29, 1.82) is 0 Å². The van der Waals surface area contributed by atoms with E-state index in [1.54, 1.807) is 28.7 Å². The minimum atomic E-state index is -0.166. The molecule has 0 bridgehead atoms. The lowest BCUT2D eigenvalue weighted by atomic mass is 10.5. The molecule has 4 nitrogen and oxygen atoms in total. The second-order valence-corrected chi connectivity index (χ2v) is 5.09. The van der Waals surface area contributed by atoms with Crippen LogP contribution in [0.2, 0.25) is 0 Å². The Labute approximate surface area is 92.0 Å². The lowest BCUT2D eigenvalue weighted by Crippen LogP contribution is -2.41. The Morgan fingerprint density at radius 3 is 2.21 bits per heavy atom. The van der Waals surface area contributed by atoms with Gasteiger partial charge in [-0.15, -0.1) is 0 Å². The SMILES string of the molecule is COC(=[NH2+])CCSSCCC(=O)OC. The summed E-state index contributed by atoms with van der Waals surface area (Å²) in [6.45, 7) is 0. The monoisotopic (exact) mass is 238 g/mol. The Morgan fingerprint density at radius 2 is 1.71 bits per heavy atom. The first-order chi connectivity index (χ1) is 6.70. The summed E-state index contributed by atoms with van der Waals surface area (Å²) in [6, 6.07) is 0. The highest BCUT2D eigenvalue weighted by atomic mass is 33.1. The van der Waals surface area contributed by atoms with Crippen molar-refractivity contribution in [2.75, 3.05) is 25.7 Å². The van der Waals surface area contributed by atoms with Gasteiger partial charge in [0.05, 0.1) is 27.1 Å². The summed E-state index contributed by atoms with van der Waals surface area (Å²) in [5, 5.41) is 5.46. The standard InChI is InChI=1S/C8H15NO3S2/c1-11-7(9)3-5-13-14-6-4-8(10)12-2/h9H,3-6H2,1-2H3/p+1. The first kappa shape index (κ1) is 13.6. The van der Waals surface area contributed by atoms with Crippen LogP contribution in [0.15, 0.2) is 0 Å². The van der Waals surface area contributed by atoms with Crippen LogP contribution in [0.5, 0.6) is 0 Å². The van der Waals surface area contributed by atoms with E-state index in [-0.39, 0.29) is 5.97 Å². The molecule has 0 rings (SSSR count). The van der Waals surface area contributed by atoms with Crippen molar-refractivity contribution in [2.24, 2.45) is 0 Å². The van der Waals surface area contributed by atoms with Gasteiger partial charge in [0.1, 0.15) is 0 Å². The molecular formula is C8H16NO3S2+. The van der Waals surface area contributed by atoms with E-state index in [0.717, 1.165) is 17.9 Å². The normalized spacial score (nSPS) is 9.57. The number of hydrogen-bond donors (Lipinski definition) is 1. The molecule has 0 saturated heterocycles. The van der Waals surface area contributed by atoms with Crippen LogP contribution >= 0.6 is 21.6 Å². The quantitative estimate of drug-likeness (QED) is 0.224. The van der Waals surface area contributed by atoms with Crippen molar-refractivity contribution in [1.82, 2.24) is 0 Å². The molecule has 0 radical (unpaired) electrons. The van der Waals surface area contributed by atoms with Crippen molar-refractivity contribution in [3.8, 4) is 0 Å². The largest absolute Gasteiger partial charge is 0.469 e. The Kier molecular flexibility index (Phi) is 8.97. The zero-order valence-corrected chi connectivity index (χ0v) is 10.1. The maximum atomic E-state index is 10.7. The molecule has 14 heavy (non-hydrogen) atoms. The lowest BCUT2D eigenvalue weighted by molar-refractivity contribution is -0.141. The molecule has 0 aliphatic heterocycles. The molecule has 0 spiro atoms. The number of nitrogens with two attached hydrogens (primary N) is 1. The van der Waals surface area contributed by atoms with Gasteiger partial charge < -0.3 is 9.47 Å². The highest BCUT2D eigenvalue weighted by Crippen LogP contribution is 2.22. The summed E-state index contributed by atoms with van der Waals surface area (Å²) in [5.41, 5.74) is 0. The fourth-order valence-electron chi connectivity index (χ4n) is 0.589. The Balaban J connectivity index is 3.14. The topological polar surface area (TPSA) is 61.1 Å². The maximum absolute atomic E-state index is 10.7. The molecule has 0 heterocycles. The summed E-state index contributed by atoms with van der Waals surface area (Å²) < 4.78 is 9.32. The van der Waals surface area contributed by atoms with E-state index in [9.17, 15) is 4.79 Å². The molecule has 0 saturated carbocycles. The maximum Gasteiger partial charge on any atom is 0.333 e. The third kappa shape index (κ3) is 8.25. The van der Waals surface area contributed by atoms with E-state index in [1.807, 2.05) is 0 Å². The molecule has 82 valence electrons. The highest BCUT2D eigenvalue weighted by molar-refractivity contribution is 8.76. The first-order valence-electron chi connectivity index (χ1n) is 4.17. The Bertz CT molecular complexity index is 167. The molecule has 2 N–H and O–H groups in total. The molecule has 0 unspecified atom stereocenters. The molecule has 0 fully saturated rings. The Morgan fingerprint density at radius 1 is 1.14 bits per heavy atom. The van der Waals surface area contributed by atoms with E-state index in [2.05, 4.69) is 4.74 Å². The lowest BCUT2D eigenvalue weighted by Gasteiger charge is -1.99. The van der Waals surface area contributed by atoms with Crippen LogP contribution in [-0.2, 0) is 14.3 Å². The van der Waals surface area contributed by atoms with Gasteiger partial charge in [-0.2, -0.15) is 0 Å². The minimum absolute atomic E-state index is 0.166. The summed E-state index contributed by atoms with van der Waals surface area (Å²) in [5.74, 6) is 2.04. The number of ether oxygens (including phenoxy) is 2. The van der Waals surface area contributed by atoms with Crippen molar-refractivity contribution in [3.63, 3.8) is 0 Å². The molecule has 0 aliphatic rings. The van der Waals surface area contributed by atoms with E-state index >= 15 is 0 Å². The predicted molar refractivity (Wildman–Crippen MR) is 60.1 cm³/mol. The van der Waals surface area contributed by atoms with Gasteiger partial charge in [0.15, 0.2) is 0 Å². The van der Waals surface area contributed by atoms with E-state index in [1.165, 1.54) is 7.11 Å². The van der Waals surface area contributed by atoms with Gasteiger partial charge in [0, 0.05) is 11.5 Å². The average molecular weight is 238 g/mol. The van der Waals surface area contributed by atoms with E-state index in [4.69, 9.17) is 10.1 Å². The molecule has 0 atom stereocenters. The summed E-state index contributed by atoms with van der Waals surface area (Å²) in [6.07, 6.45) is 1.20. The third-order valence-corrected chi connectivity index (χ3v) is 3.80. The Hall–Kier alpha value is -0.360. The number of hydrogen-bond acceptors (Lipinski definition) is 5. The van der Waals surface area contributed by atoms with Gasteiger partial charge in [-0.3, -0.25) is 4.79 Å². The number of carbonyl (C=O) groups excluding carboxylic acids is 1. The van der Waals surface area contributed by atoms with Gasteiger partial charge in [-0.1, -0.05) is 21.6 Å². The van der Waals surface area contributed by atoms with Crippen LogP contribution in [0.25, 0.3) is 0 Å². The zero-order chi connectivity index (χ0) is 10.8. The third-order valence-electron chi connectivity index (χ3n) is 1.39. The molecule has 0 aromatic carbocycles. The highest BCUT2D eigenvalue weighted by Gasteiger charge is 2.03. The average Bonchev–Trinajstić information content (AvgIpc) is 2.22. The van der Waals surface area contributed by atoms with Crippen molar-refractivity contribution in [2.45, 2.75) is 12.8 Å². The predicted octanol–water partition coefficient (Wildman–Crippen LogP) is 0.125. The summed E-state index contributed by atoms with van der Waals surface area (Å²) >= 11 is 0. The molecule has 0 amide bonds.